The molecule has 1 rings (SSSR count). The van der Waals surface area contributed by atoms with Crippen LogP contribution in [-0.4, -0.2) is 19.4 Å². The zero-order valence-corrected chi connectivity index (χ0v) is 13.9. The van der Waals surface area contributed by atoms with Gasteiger partial charge in [-0.1, -0.05) is 44.5 Å². The summed E-state index contributed by atoms with van der Waals surface area (Å²) in [5.41, 5.74) is 5.20. The Kier molecular flexibility index (Phi) is 6.70. The molecule has 1 aromatic carbocycles. The third-order valence-corrected chi connectivity index (χ3v) is 4.94. The molecule has 118 valence electrons. The quantitative estimate of drug-likeness (QED) is 0.567. The third kappa shape index (κ3) is 5.01. The van der Waals surface area contributed by atoms with Crippen LogP contribution in [0.15, 0.2) is 23.1 Å². The molecule has 0 aliphatic carbocycles. The highest BCUT2D eigenvalue weighted by atomic mass is 32.2. The van der Waals surface area contributed by atoms with Gasteiger partial charge in [-0.15, -0.1) is 0 Å². The van der Waals surface area contributed by atoms with Crippen molar-refractivity contribution in [2.24, 2.45) is 5.73 Å². The number of nitrogens with two attached hydrogens (primary N) is 1. The first-order valence-electron chi connectivity index (χ1n) is 6.90. The highest BCUT2D eigenvalue weighted by molar-refractivity contribution is 7.89. The Bertz CT molecular complexity index is 603. The first-order valence-corrected chi connectivity index (χ1v) is 8.79. The van der Waals surface area contributed by atoms with Crippen LogP contribution in [0, 0.1) is 5.82 Å². The molecule has 7 heteroatoms. The zero-order chi connectivity index (χ0) is 16.0. The molecule has 0 saturated heterocycles. The van der Waals surface area contributed by atoms with Crippen LogP contribution in [0.1, 0.15) is 45.1 Å². The molecule has 0 fully saturated rings. The average molecular weight is 332 g/mol. The number of rotatable bonds is 8. The Morgan fingerprint density at radius 2 is 2.10 bits per heavy atom. The normalized spacial score (nSPS) is 13.1. The van der Waals surface area contributed by atoms with Gasteiger partial charge in [-0.25, -0.2) is 17.5 Å². The first-order chi connectivity index (χ1) is 9.79. The van der Waals surface area contributed by atoms with Crippen LogP contribution in [0.2, 0.25) is 0 Å². The van der Waals surface area contributed by atoms with Crippen LogP contribution in [0.4, 0.5) is 4.39 Å². The maximum atomic E-state index is 13.8. The van der Waals surface area contributed by atoms with Gasteiger partial charge in [-0.3, -0.25) is 0 Å². The third-order valence-electron chi connectivity index (χ3n) is 3.11. The molecule has 1 unspecified atom stereocenters. The molecule has 0 aliphatic heterocycles. The molecule has 0 saturated carbocycles. The summed E-state index contributed by atoms with van der Waals surface area (Å²) in [6.45, 7) is 3.86. The number of hydrogen-bond donors (Lipinski definition) is 2. The molecule has 0 heterocycles. The number of sulfonamides is 1. The molecular weight excluding hydrogens is 311 g/mol. The lowest BCUT2D eigenvalue weighted by atomic mass is 10.1. The molecular formula is C14H21FN2O2S2. The van der Waals surface area contributed by atoms with Crippen molar-refractivity contribution in [1.82, 2.24) is 4.72 Å². The highest BCUT2D eigenvalue weighted by Crippen LogP contribution is 2.19. The molecule has 0 aliphatic rings. The lowest BCUT2D eigenvalue weighted by Crippen LogP contribution is -2.34. The van der Waals surface area contributed by atoms with E-state index in [-0.39, 0.29) is 21.5 Å². The van der Waals surface area contributed by atoms with Crippen molar-refractivity contribution in [2.45, 2.75) is 50.5 Å². The Hall–Kier alpha value is -1.05. The first kappa shape index (κ1) is 18.0. The molecule has 0 bridgehead atoms. The van der Waals surface area contributed by atoms with Crippen molar-refractivity contribution in [2.75, 3.05) is 0 Å². The van der Waals surface area contributed by atoms with E-state index in [4.69, 9.17) is 18.0 Å². The van der Waals surface area contributed by atoms with Crippen LogP contribution in [0.5, 0.6) is 0 Å². The molecule has 0 radical (unpaired) electrons. The smallest absolute Gasteiger partial charge is 0.241 e. The van der Waals surface area contributed by atoms with Gasteiger partial charge in [0.05, 0.1) is 10.5 Å². The van der Waals surface area contributed by atoms with Crippen molar-refractivity contribution in [3.8, 4) is 0 Å². The monoisotopic (exact) mass is 332 g/mol. The number of hydrogen-bond acceptors (Lipinski definition) is 3. The minimum absolute atomic E-state index is 0.211. The van der Waals surface area contributed by atoms with Gasteiger partial charge in [0.15, 0.2) is 0 Å². The minimum atomic E-state index is -3.85. The Morgan fingerprint density at radius 1 is 1.43 bits per heavy atom. The zero-order valence-electron chi connectivity index (χ0n) is 12.2. The predicted octanol–water partition coefficient (Wildman–Crippen LogP) is 2.71. The summed E-state index contributed by atoms with van der Waals surface area (Å²) < 4.78 is 41.0. The fourth-order valence-corrected chi connectivity index (χ4v) is 3.84. The fraction of sp³-hybridized carbons (Fsp3) is 0.500. The number of thiocarbonyl (C=S) groups is 1. The summed E-state index contributed by atoms with van der Waals surface area (Å²) in [4.78, 5) is -0.482. The van der Waals surface area contributed by atoms with Crippen LogP contribution >= 0.6 is 12.2 Å². The van der Waals surface area contributed by atoms with E-state index in [0.29, 0.717) is 0 Å². The van der Waals surface area contributed by atoms with Gasteiger partial charge < -0.3 is 5.73 Å². The largest absolute Gasteiger partial charge is 0.389 e. The van der Waals surface area contributed by atoms with Crippen molar-refractivity contribution in [1.29, 1.82) is 0 Å². The van der Waals surface area contributed by atoms with E-state index in [1.165, 1.54) is 12.1 Å². The van der Waals surface area contributed by atoms with Gasteiger partial charge in [-0.05, 0) is 25.5 Å². The maximum Gasteiger partial charge on any atom is 0.241 e. The van der Waals surface area contributed by atoms with Gasteiger partial charge in [0.2, 0.25) is 10.0 Å². The second-order valence-corrected chi connectivity index (χ2v) is 7.12. The number of halogens is 1. The second kappa shape index (κ2) is 7.82. The van der Waals surface area contributed by atoms with E-state index < -0.39 is 15.8 Å². The van der Waals surface area contributed by atoms with Crippen molar-refractivity contribution in [3.63, 3.8) is 0 Å². The summed E-state index contributed by atoms with van der Waals surface area (Å²) in [5.74, 6) is -0.732. The van der Waals surface area contributed by atoms with Crippen LogP contribution in [-0.2, 0) is 10.0 Å². The van der Waals surface area contributed by atoms with Gasteiger partial charge in [0.1, 0.15) is 10.8 Å². The molecule has 21 heavy (non-hydrogen) atoms. The van der Waals surface area contributed by atoms with Crippen LogP contribution in [0.25, 0.3) is 0 Å². The van der Waals surface area contributed by atoms with Gasteiger partial charge >= 0.3 is 0 Å². The van der Waals surface area contributed by atoms with E-state index in [1.807, 2.05) is 0 Å². The molecule has 0 spiro atoms. The van der Waals surface area contributed by atoms with E-state index in [2.05, 4.69) is 11.6 Å². The fourth-order valence-electron chi connectivity index (χ4n) is 2.06. The molecule has 0 amide bonds. The predicted molar refractivity (Wildman–Crippen MR) is 86.2 cm³/mol. The highest BCUT2D eigenvalue weighted by Gasteiger charge is 2.24. The standard InChI is InChI=1S/C14H21FN2O2S2/c1-3-4-5-7-10(2)17-21(18,19)12-9-6-8-11(15)13(12)14(16)20/h6,8-10,17H,3-5,7H2,1-2H3,(H2,16,20). The summed E-state index contributed by atoms with van der Waals surface area (Å²) in [6, 6.07) is 3.54. The van der Waals surface area contributed by atoms with E-state index in [0.717, 1.165) is 31.7 Å². The van der Waals surface area contributed by atoms with E-state index >= 15 is 0 Å². The van der Waals surface area contributed by atoms with Crippen molar-refractivity contribution < 1.29 is 12.8 Å². The van der Waals surface area contributed by atoms with Crippen molar-refractivity contribution in [3.05, 3.63) is 29.6 Å². The summed E-state index contributed by atoms with van der Waals surface area (Å²) in [7, 11) is -3.85. The SMILES string of the molecule is CCCCCC(C)NS(=O)(=O)c1cccc(F)c1C(N)=S. The molecule has 4 nitrogen and oxygen atoms in total. The minimum Gasteiger partial charge on any atom is -0.389 e. The van der Waals surface area contributed by atoms with Crippen molar-refractivity contribution >= 4 is 27.2 Å². The van der Waals surface area contributed by atoms with E-state index in [9.17, 15) is 12.8 Å². The molecule has 3 N–H and O–H groups in total. The lowest BCUT2D eigenvalue weighted by Gasteiger charge is -2.16. The average Bonchev–Trinajstić information content (AvgIpc) is 2.37. The Balaban J connectivity index is 2.98. The number of nitrogens with one attached hydrogen (secondary N) is 1. The summed E-state index contributed by atoms with van der Waals surface area (Å²) in [5, 5.41) is 0. The topological polar surface area (TPSA) is 72.2 Å². The molecule has 1 atom stereocenters. The number of benzene rings is 1. The summed E-state index contributed by atoms with van der Waals surface area (Å²) >= 11 is 4.75. The lowest BCUT2D eigenvalue weighted by molar-refractivity contribution is 0.526. The molecule has 1 aromatic rings. The Labute approximate surface area is 131 Å². The van der Waals surface area contributed by atoms with Crippen LogP contribution in [0.3, 0.4) is 0 Å². The maximum absolute atomic E-state index is 13.8. The molecule has 0 aromatic heterocycles. The number of unbranched alkanes of at least 4 members (excludes halogenated alkanes) is 2. The van der Waals surface area contributed by atoms with Crippen LogP contribution < -0.4 is 10.5 Å². The Morgan fingerprint density at radius 3 is 2.67 bits per heavy atom. The van der Waals surface area contributed by atoms with Gasteiger partial charge in [0.25, 0.3) is 0 Å². The van der Waals surface area contributed by atoms with Gasteiger partial charge in [-0.2, -0.15) is 0 Å². The second-order valence-electron chi connectivity index (χ2n) is 5.00. The van der Waals surface area contributed by atoms with E-state index in [1.54, 1.807) is 6.92 Å². The summed E-state index contributed by atoms with van der Waals surface area (Å²) in [6.07, 6.45) is 3.77. The van der Waals surface area contributed by atoms with Gasteiger partial charge in [0, 0.05) is 6.04 Å².